The Labute approximate surface area is 164 Å². The van der Waals surface area contributed by atoms with Crippen LogP contribution in [0.3, 0.4) is 0 Å². The number of tetrazole rings is 1. The summed E-state index contributed by atoms with van der Waals surface area (Å²) < 4.78 is 46.7. The molecule has 0 fully saturated rings. The highest BCUT2D eigenvalue weighted by Crippen LogP contribution is 2.33. The Morgan fingerprint density at radius 1 is 1.18 bits per heavy atom. The SMILES string of the molecule is FC(F)(F)Oc1ccc(NCc2ccc3c(-c4nn[nH]n4)coc3c2)cc1Br. The number of hydrogen-bond acceptors (Lipinski definition) is 6. The fraction of sp³-hybridized carbons (Fsp3) is 0.118. The zero-order chi connectivity index (χ0) is 19.7. The lowest BCUT2D eigenvalue weighted by Crippen LogP contribution is -2.17. The van der Waals surface area contributed by atoms with Crippen molar-refractivity contribution in [3.05, 3.63) is 52.7 Å². The predicted octanol–water partition coefficient (Wildman–Crippen LogP) is 4.89. The minimum atomic E-state index is -4.74. The van der Waals surface area contributed by atoms with Crippen LogP contribution in [0.5, 0.6) is 5.75 Å². The van der Waals surface area contributed by atoms with Crippen LogP contribution in [0.1, 0.15) is 5.56 Å². The zero-order valence-electron chi connectivity index (χ0n) is 13.9. The molecule has 0 saturated carbocycles. The maximum atomic E-state index is 12.3. The summed E-state index contributed by atoms with van der Waals surface area (Å²) in [4.78, 5) is 0. The Hall–Kier alpha value is -3.08. The molecule has 0 saturated heterocycles. The zero-order valence-corrected chi connectivity index (χ0v) is 15.5. The molecule has 7 nitrogen and oxygen atoms in total. The van der Waals surface area contributed by atoms with E-state index < -0.39 is 6.36 Å². The minimum absolute atomic E-state index is 0.195. The second-order valence-electron chi connectivity index (χ2n) is 5.76. The fourth-order valence-corrected chi connectivity index (χ4v) is 3.11. The lowest BCUT2D eigenvalue weighted by molar-refractivity contribution is -0.274. The highest BCUT2D eigenvalue weighted by Gasteiger charge is 2.31. The van der Waals surface area contributed by atoms with E-state index in [4.69, 9.17) is 4.42 Å². The number of furan rings is 1. The molecule has 0 atom stereocenters. The molecule has 144 valence electrons. The molecule has 4 aromatic rings. The molecule has 2 aromatic heterocycles. The molecule has 0 amide bonds. The van der Waals surface area contributed by atoms with E-state index in [1.165, 1.54) is 18.2 Å². The van der Waals surface area contributed by atoms with Gasteiger partial charge in [-0.25, -0.2) is 0 Å². The van der Waals surface area contributed by atoms with Gasteiger partial charge in [0.15, 0.2) is 0 Å². The van der Waals surface area contributed by atoms with Gasteiger partial charge in [0.05, 0.1) is 10.0 Å². The number of halogens is 4. The van der Waals surface area contributed by atoms with Crippen molar-refractivity contribution in [1.29, 1.82) is 0 Å². The van der Waals surface area contributed by atoms with Crippen LogP contribution in [0.4, 0.5) is 18.9 Å². The van der Waals surface area contributed by atoms with Gasteiger partial charge in [-0.15, -0.1) is 23.4 Å². The van der Waals surface area contributed by atoms with Gasteiger partial charge in [-0.05, 0) is 51.0 Å². The van der Waals surface area contributed by atoms with Crippen molar-refractivity contribution in [3.8, 4) is 17.1 Å². The molecule has 0 unspecified atom stereocenters. The van der Waals surface area contributed by atoms with Gasteiger partial charge >= 0.3 is 6.36 Å². The first-order chi connectivity index (χ1) is 13.4. The van der Waals surface area contributed by atoms with Gasteiger partial charge in [0.2, 0.25) is 5.82 Å². The van der Waals surface area contributed by atoms with E-state index >= 15 is 0 Å². The van der Waals surface area contributed by atoms with Crippen molar-refractivity contribution in [2.24, 2.45) is 0 Å². The molecule has 2 N–H and O–H groups in total. The van der Waals surface area contributed by atoms with Crippen LogP contribution in [-0.2, 0) is 6.54 Å². The van der Waals surface area contributed by atoms with E-state index in [0.717, 1.165) is 16.5 Å². The molecule has 2 heterocycles. The second kappa shape index (κ2) is 7.15. The number of aromatic nitrogens is 4. The molecule has 0 aliphatic rings. The molecule has 11 heteroatoms. The number of hydrogen-bond donors (Lipinski definition) is 2. The summed E-state index contributed by atoms with van der Waals surface area (Å²) in [7, 11) is 0. The van der Waals surface area contributed by atoms with Gasteiger partial charge in [0.1, 0.15) is 17.6 Å². The molecule has 0 aliphatic carbocycles. The maximum absolute atomic E-state index is 12.3. The van der Waals surface area contributed by atoms with Crippen LogP contribution in [0.25, 0.3) is 22.4 Å². The van der Waals surface area contributed by atoms with Crippen molar-refractivity contribution in [3.63, 3.8) is 0 Å². The van der Waals surface area contributed by atoms with Crippen molar-refractivity contribution >= 4 is 32.6 Å². The number of alkyl halides is 3. The number of nitrogens with zero attached hydrogens (tertiary/aromatic N) is 3. The average molecular weight is 454 g/mol. The van der Waals surface area contributed by atoms with Crippen LogP contribution in [0.15, 0.2) is 51.6 Å². The number of fused-ring (bicyclic) bond motifs is 1. The van der Waals surface area contributed by atoms with E-state index in [2.05, 4.69) is 46.6 Å². The number of aromatic amines is 1. The van der Waals surface area contributed by atoms with Gasteiger partial charge < -0.3 is 14.5 Å². The number of nitrogens with one attached hydrogen (secondary N) is 2. The monoisotopic (exact) mass is 453 g/mol. The quantitative estimate of drug-likeness (QED) is 0.447. The van der Waals surface area contributed by atoms with Crippen molar-refractivity contribution in [1.82, 2.24) is 20.6 Å². The second-order valence-corrected chi connectivity index (χ2v) is 6.62. The summed E-state index contributed by atoms with van der Waals surface area (Å²) in [6.07, 6.45) is -3.18. The van der Waals surface area contributed by atoms with Gasteiger partial charge in [-0.2, -0.15) is 5.21 Å². The van der Waals surface area contributed by atoms with Crippen LogP contribution < -0.4 is 10.1 Å². The third-order valence-electron chi connectivity index (χ3n) is 3.88. The van der Waals surface area contributed by atoms with Crippen LogP contribution in [0, 0.1) is 0 Å². The van der Waals surface area contributed by atoms with Crippen LogP contribution in [0.2, 0.25) is 0 Å². The number of benzene rings is 2. The Balaban J connectivity index is 1.48. The van der Waals surface area contributed by atoms with E-state index in [1.807, 2.05) is 18.2 Å². The van der Waals surface area contributed by atoms with Crippen molar-refractivity contribution in [2.75, 3.05) is 5.32 Å². The minimum Gasteiger partial charge on any atom is -0.464 e. The summed E-state index contributed by atoms with van der Waals surface area (Å²) in [6, 6.07) is 9.92. The predicted molar refractivity (Wildman–Crippen MR) is 97.5 cm³/mol. The Kier molecular flexibility index (Phi) is 4.67. The lowest BCUT2D eigenvalue weighted by Gasteiger charge is -2.12. The van der Waals surface area contributed by atoms with E-state index in [9.17, 15) is 13.2 Å². The molecule has 0 radical (unpaired) electrons. The van der Waals surface area contributed by atoms with Gasteiger partial charge in [0, 0.05) is 17.6 Å². The standard InChI is InChI=1S/C17H11BrF3N5O2/c18-13-6-10(2-4-14(13)28-17(19,20)21)22-7-9-1-3-11-12(8-27-15(11)5-9)16-23-25-26-24-16/h1-6,8,22H,7H2,(H,23,24,25,26). The third kappa shape index (κ3) is 3.93. The Morgan fingerprint density at radius 3 is 2.75 bits per heavy atom. The summed E-state index contributed by atoms with van der Waals surface area (Å²) in [5.74, 6) is 0.139. The number of anilines is 1. The largest absolute Gasteiger partial charge is 0.573 e. The number of ether oxygens (including phenoxy) is 1. The number of rotatable bonds is 5. The Bertz CT molecular complexity index is 1110. The van der Waals surface area contributed by atoms with Crippen molar-refractivity contribution in [2.45, 2.75) is 12.9 Å². The molecule has 28 heavy (non-hydrogen) atoms. The maximum Gasteiger partial charge on any atom is 0.573 e. The highest BCUT2D eigenvalue weighted by molar-refractivity contribution is 9.10. The molecular formula is C17H11BrF3N5O2. The topological polar surface area (TPSA) is 88.9 Å². The summed E-state index contributed by atoms with van der Waals surface area (Å²) in [5.41, 5.74) is 2.95. The molecule has 0 bridgehead atoms. The molecule has 2 aromatic carbocycles. The average Bonchev–Trinajstić information content (AvgIpc) is 3.29. The highest BCUT2D eigenvalue weighted by atomic mass is 79.9. The normalized spacial score (nSPS) is 11.7. The van der Waals surface area contributed by atoms with E-state index in [0.29, 0.717) is 23.6 Å². The smallest absolute Gasteiger partial charge is 0.464 e. The first kappa shape index (κ1) is 18.3. The van der Waals surface area contributed by atoms with E-state index in [1.54, 1.807) is 6.26 Å². The van der Waals surface area contributed by atoms with Gasteiger partial charge in [0.25, 0.3) is 0 Å². The van der Waals surface area contributed by atoms with Crippen LogP contribution >= 0.6 is 15.9 Å². The van der Waals surface area contributed by atoms with Crippen molar-refractivity contribution < 1.29 is 22.3 Å². The van der Waals surface area contributed by atoms with Gasteiger partial charge in [-0.3, -0.25) is 0 Å². The summed E-state index contributed by atoms with van der Waals surface area (Å²) >= 11 is 3.08. The lowest BCUT2D eigenvalue weighted by atomic mass is 10.1. The molecule has 4 rings (SSSR count). The summed E-state index contributed by atoms with van der Waals surface area (Å²) in [6.45, 7) is 0.445. The Morgan fingerprint density at radius 2 is 2.04 bits per heavy atom. The fourth-order valence-electron chi connectivity index (χ4n) is 2.65. The molecule has 0 spiro atoms. The first-order valence-electron chi connectivity index (χ1n) is 7.92. The molecule has 0 aliphatic heterocycles. The summed E-state index contributed by atoms with van der Waals surface area (Å²) in [5, 5.41) is 17.8. The van der Waals surface area contributed by atoms with E-state index in [-0.39, 0.29) is 10.2 Å². The van der Waals surface area contributed by atoms with Crippen LogP contribution in [-0.4, -0.2) is 27.0 Å². The van der Waals surface area contributed by atoms with Gasteiger partial charge in [-0.1, -0.05) is 12.1 Å². The third-order valence-corrected chi connectivity index (χ3v) is 4.50. The molecular weight excluding hydrogens is 443 g/mol. The number of H-pyrrole nitrogens is 1. The first-order valence-corrected chi connectivity index (χ1v) is 8.71.